The molecule has 0 aliphatic heterocycles. The molecule has 0 spiro atoms. The lowest BCUT2D eigenvalue weighted by atomic mass is 10.1. The Labute approximate surface area is 125 Å². The number of hydrogen-bond acceptors (Lipinski definition) is 2. The highest BCUT2D eigenvalue weighted by Crippen LogP contribution is 2.37. The van der Waals surface area contributed by atoms with Gasteiger partial charge in [0.2, 0.25) is 0 Å². The molecule has 0 amide bonds. The molecule has 1 atom stereocenters. The van der Waals surface area contributed by atoms with E-state index in [1.54, 1.807) is 12.1 Å². The second kappa shape index (κ2) is 5.86. The molecule has 0 heterocycles. The van der Waals surface area contributed by atoms with Crippen molar-refractivity contribution in [3.63, 3.8) is 0 Å². The molecule has 1 aliphatic carbocycles. The number of halogens is 1. The van der Waals surface area contributed by atoms with Gasteiger partial charge in [-0.15, -0.1) is 0 Å². The first kappa shape index (κ1) is 14.1. The molecule has 0 radical (unpaired) electrons. The average Bonchev–Trinajstić information content (AvgIpc) is 2.92. The van der Waals surface area contributed by atoms with Crippen LogP contribution in [0.3, 0.4) is 0 Å². The van der Waals surface area contributed by atoms with Crippen LogP contribution in [0.1, 0.15) is 34.7 Å². The summed E-state index contributed by atoms with van der Waals surface area (Å²) in [4.78, 5) is 0. The Balaban J connectivity index is 1.80. The third-order valence-corrected chi connectivity index (χ3v) is 4.27. The molecule has 21 heavy (non-hydrogen) atoms. The molecule has 0 aromatic heterocycles. The van der Waals surface area contributed by atoms with E-state index in [2.05, 4.69) is 11.4 Å². The van der Waals surface area contributed by atoms with Crippen LogP contribution in [0.4, 0.5) is 4.39 Å². The van der Waals surface area contributed by atoms with E-state index < -0.39 is 0 Å². The van der Waals surface area contributed by atoms with E-state index in [0.717, 1.165) is 29.7 Å². The van der Waals surface area contributed by atoms with Gasteiger partial charge in [0.05, 0.1) is 0 Å². The minimum absolute atomic E-state index is 0.215. The van der Waals surface area contributed by atoms with Gasteiger partial charge in [0, 0.05) is 6.04 Å². The lowest BCUT2D eigenvalue weighted by Crippen LogP contribution is -2.12. The standard InChI is InChI=1S/C18H20FNO/c1-12-6-7-14(19)10-13(12)11-21-18-5-3-4-15-16(18)8-9-17(15)20-2/h3-7,10,17,20H,8-9,11H2,1-2H3. The number of ether oxygens (including phenoxy) is 1. The second-order valence-electron chi connectivity index (χ2n) is 5.56. The number of aryl methyl sites for hydroxylation is 1. The van der Waals surface area contributed by atoms with Crippen LogP contribution >= 0.6 is 0 Å². The summed E-state index contributed by atoms with van der Waals surface area (Å²) in [5.74, 6) is 0.710. The Bertz CT molecular complexity index is 654. The fourth-order valence-corrected chi connectivity index (χ4v) is 3.01. The minimum Gasteiger partial charge on any atom is -0.489 e. The first-order chi connectivity index (χ1) is 10.2. The summed E-state index contributed by atoms with van der Waals surface area (Å²) < 4.78 is 19.3. The fourth-order valence-electron chi connectivity index (χ4n) is 3.01. The van der Waals surface area contributed by atoms with Crippen molar-refractivity contribution in [1.82, 2.24) is 5.32 Å². The van der Waals surface area contributed by atoms with E-state index in [4.69, 9.17) is 4.74 Å². The SMILES string of the molecule is CNC1CCc2c(OCc3cc(F)ccc3C)cccc21. The molecule has 2 nitrogen and oxygen atoms in total. The Hall–Kier alpha value is -1.87. The van der Waals surface area contributed by atoms with Crippen LogP contribution < -0.4 is 10.1 Å². The first-order valence-electron chi connectivity index (χ1n) is 7.36. The van der Waals surface area contributed by atoms with E-state index in [-0.39, 0.29) is 5.82 Å². The Morgan fingerprint density at radius 3 is 2.95 bits per heavy atom. The number of hydrogen-bond donors (Lipinski definition) is 1. The number of benzene rings is 2. The van der Waals surface area contributed by atoms with Gasteiger partial charge in [-0.3, -0.25) is 0 Å². The maximum Gasteiger partial charge on any atom is 0.123 e. The maximum atomic E-state index is 13.3. The topological polar surface area (TPSA) is 21.3 Å². The van der Waals surface area contributed by atoms with Crippen molar-refractivity contribution in [2.75, 3.05) is 7.05 Å². The molecule has 2 aromatic carbocycles. The highest BCUT2D eigenvalue weighted by atomic mass is 19.1. The normalized spacial score (nSPS) is 16.8. The van der Waals surface area contributed by atoms with E-state index in [0.29, 0.717) is 12.6 Å². The monoisotopic (exact) mass is 285 g/mol. The zero-order valence-corrected chi connectivity index (χ0v) is 12.4. The molecule has 0 bridgehead atoms. The van der Waals surface area contributed by atoms with Gasteiger partial charge in [0.25, 0.3) is 0 Å². The summed E-state index contributed by atoms with van der Waals surface area (Å²) in [5.41, 5.74) is 4.56. The number of nitrogens with one attached hydrogen (secondary N) is 1. The molecule has 0 saturated heterocycles. The molecule has 2 aromatic rings. The molecule has 1 unspecified atom stereocenters. The maximum absolute atomic E-state index is 13.3. The van der Waals surface area contributed by atoms with Gasteiger partial charge in [-0.1, -0.05) is 18.2 Å². The predicted octanol–water partition coefficient (Wildman–Crippen LogP) is 3.92. The lowest BCUT2D eigenvalue weighted by Gasteiger charge is -2.14. The van der Waals surface area contributed by atoms with Crippen LogP contribution in [-0.4, -0.2) is 7.05 Å². The van der Waals surface area contributed by atoms with Gasteiger partial charge >= 0.3 is 0 Å². The highest BCUT2D eigenvalue weighted by molar-refractivity contribution is 5.45. The van der Waals surface area contributed by atoms with Crippen molar-refractivity contribution < 1.29 is 9.13 Å². The predicted molar refractivity (Wildman–Crippen MR) is 82.0 cm³/mol. The van der Waals surface area contributed by atoms with Crippen LogP contribution in [0.5, 0.6) is 5.75 Å². The van der Waals surface area contributed by atoms with Crippen LogP contribution in [0.15, 0.2) is 36.4 Å². The molecule has 3 rings (SSSR count). The molecule has 1 aliphatic rings. The van der Waals surface area contributed by atoms with Crippen LogP contribution in [0.25, 0.3) is 0 Å². The number of fused-ring (bicyclic) bond motifs is 1. The van der Waals surface area contributed by atoms with Crippen molar-refractivity contribution in [3.05, 3.63) is 64.5 Å². The van der Waals surface area contributed by atoms with E-state index in [1.807, 2.05) is 26.1 Å². The summed E-state index contributed by atoms with van der Waals surface area (Å²) in [6.45, 7) is 2.38. The summed E-state index contributed by atoms with van der Waals surface area (Å²) in [6, 6.07) is 11.4. The minimum atomic E-state index is -0.215. The molecule has 1 N–H and O–H groups in total. The smallest absolute Gasteiger partial charge is 0.123 e. The molecule has 110 valence electrons. The van der Waals surface area contributed by atoms with Crippen molar-refractivity contribution >= 4 is 0 Å². The Kier molecular flexibility index (Phi) is 3.93. The van der Waals surface area contributed by atoms with Gasteiger partial charge in [-0.2, -0.15) is 0 Å². The Morgan fingerprint density at radius 2 is 2.14 bits per heavy atom. The van der Waals surface area contributed by atoms with Gasteiger partial charge in [-0.25, -0.2) is 4.39 Å². The second-order valence-corrected chi connectivity index (χ2v) is 5.56. The van der Waals surface area contributed by atoms with Crippen LogP contribution in [0, 0.1) is 12.7 Å². The van der Waals surface area contributed by atoms with Gasteiger partial charge in [-0.05, 0) is 67.3 Å². The summed E-state index contributed by atoms with van der Waals surface area (Å²) in [5, 5.41) is 3.33. The van der Waals surface area contributed by atoms with E-state index in [1.165, 1.54) is 17.2 Å². The molecule has 0 saturated carbocycles. The van der Waals surface area contributed by atoms with Crippen LogP contribution in [-0.2, 0) is 13.0 Å². The third kappa shape index (κ3) is 2.79. The van der Waals surface area contributed by atoms with Crippen molar-refractivity contribution in [3.8, 4) is 5.75 Å². The summed E-state index contributed by atoms with van der Waals surface area (Å²) in [7, 11) is 1.99. The lowest BCUT2D eigenvalue weighted by molar-refractivity contribution is 0.302. The summed E-state index contributed by atoms with van der Waals surface area (Å²) >= 11 is 0. The van der Waals surface area contributed by atoms with Gasteiger partial charge in [0.15, 0.2) is 0 Å². The zero-order chi connectivity index (χ0) is 14.8. The first-order valence-corrected chi connectivity index (χ1v) is 7.36. The fraction of sp³-hybridized carbons (Fsp3) is 0.333. The molecule has 3 heteroatoms. The average molecular weight is 285 g/mol. The quantitative estimate of drug-likeness (QED) is 0.919. The van der Waals surface area contributed by atoms with Crippen molar-refractivity contribution in [1.29, 1.82) is 0 Å². The molecule has 0 fully saturated rings. The Morgan fingerprint density at radius 1 is 1.29 bits per heavy atom. The number of rotatable bonds is 4. The van der Waals surface area contributed by atoms with Crippen LogP contribution in [0.2, 0.25) is 0 Å². The zero-order valence-electron chi connectivity index (χ0n) is 12.4. The van der Waals surface area contributed by atoms with Gasteiger partial charge < -0.3 is 10.1 Å². The van der Waals surface area contributed by atoms with E-state index >= 15 is 0 Å². The largest absolute Gasteiger partial charge is 0.489 e. The molecular formula is C18H20FNO. The van der Waals surface area contributed by atoms with Gasteiger partial charge in [0.1, 0.15) is 18.2 Å². The third-order valence-electron chi connectivity index (χ3n) is 4.27. The molecular weight excluding hydrogens is 265 g/mol. The van der Waals surface area contributed by atoms with E-state index in [9.17, 15) is 4.39 Å². The highest BCUT2D eigenvalue weighted by Gasteiger charge is 2.23. The van der Waals surface area contributed by atoms with Crippen molar-refractivity contribution in [2.24, 2.45) is 0 Å². The van der Waals surface area contributed by atoms with Crippen molar-refractivity contribution in [2.45, 2.75) is 32.4 Å². The summed E-state index contributed by atoms with van der Waals surface area (Å²) in [6.07, 6.45) is 2.13.